The Morgan fingerprint density at radius 1 is 1.20 bits per heavy atom. The molecule has 0 radical (unpaired) electrons. The average Bonchev–Trinajstić information content (AvgIpc) is 3.05. The van der Waals surface area contributed by atoms with Gasteiger partial charge in [0.05, 0.1) is 17.1 Å². The lowest BCUT2D eigenvalue weighted by atomic mass is 10.2. The molecule has 2 aromatic heterocycles. The molecule has 0 aliphatic carbocycles. The fourth-order valence-corrected chi connectivity index (χ4v) is 3.59. The van der Waals surface area contributed by atoms with Gasteiger partial charge in [-0.3, -0.25) is 9.69 Å². The molecule has 0 aliphatic rings. The van der Waals surface area contributed by atoms with Gasteiger partial charge >= 0.3 is 0 Å². The number of pyridine rings is 1. The largest absolute Gasteiger partial charge is 0.297 e. The highest BCUT2D eigenvalue weighted by molar-refractivity contribution is 9.10. The molecular weight excluding hydrogens is 398 g/mol. The topological polar surface area (TPSA) is 46.1 Å². The molecule has 0 spiro atoms. The second-order valence-electron chi connectivity index (χ2n) is 5.54. The van der Waals surface area contributed by atoms with Gasteiger partial charge < -0.3 is 0 Å². The summed E-state index contributed by atoms with van der Waals surface area (Å²) in [7, 11) is 0. The highest BCUT2D eigenvalue weighted by atomic mass is 79.9. The van der Waals surface area contributed by atoms with E-state index in [0.29, 0.717) is 12.4 Å². The molecule has 0 unspecified atom stereocenters. The van der Waals surface area contributed by atoms with Crippen LogP contribution in [0.2, 0.25) is 0 Å². The fourth-order valence-electron chi connectivity index (χ4n) is 2.53. The van der Waals surface area contributed by atoms with Crippen molar-refractivity contribution in [2.75, 3.05) is 11.4 Å². The molecule has 6 heteroatoms. The van der Waals surface area contributed by atoms with Crippen LogP contribution in [0.1, 0.15) is 23.2 Å². The van der Waals surface area contributed by atoms with Crippen molar-refractivity contribution >= 4 is 39.0 Å². The van der Waals surface area contributed by atoms with E-state index >= 15 is 0 Å². The maximum absolute atomic E-state index is 12.6. The number of hydrogen-bond acceptors (Lipinski definition) is 4. The third kappa shape index (κ3) is 4.74. The van der Waals surface area contributed by atoms with Crippen LogP contribution >= 0.6 is 27.3 Å². The highest BCUT2D eigenvalue weighted by Crippen LogP contribution is 2.18. The molecule has 0 saturated heterocycles. The predicted octanol–water partition coefficient (Wildman–Crippen LogP) is 4.49. The van der Waals surface area contributed by atoms with E-state index in [1.54, 1.807) is 22.4 Å². The number of anilines is 1. The number of nitrogens with zero attached hydrogens (tertiary/aromatic N) is 3. The van der Waals surface area contributed by atoms with Crippen molar-refractivity contribution in [2.24, 2.45) is 0 Å². The van der Waals surface area contributed by atoms with Crippen molar-refractivity contribution in [3.8, 4) is 0 Å². The summed E-state index contributed by atoms with van der Waals surface area (Å²) in [5.74, 6) is 0.671. The molecule has 0 bridgehead atoms. The van der Waals surface area contributed by atoms with Gasteiger partial charge in [0.15, 0.2) is 0 Å². The fraction of sp³-hybridized carbons (Fsp3) is 0.211. The number of halogens is 1. The summed E-state index contributed by atoms with van der Waals surface area (Å²) in [6.07, 6.45) is 2.79. The smallest absolute Gasteiger partial charge is 0.234 e. The molecule has 3 rings (SSSR count). The first kappa shape index (κ1) is 17.8. The summed E-state index contributed by atoms with van der Waals surface area (Å²) < 4.78 is 0.893. The minimum Gasteiger partial charge on any atom is -0.297 e. The Kier molecular flexibility index (Phi) is 5.94. The number of benzene rings is 1. The number of carbonyl (C=O) groups is 1. The first-order valence-electron chi connectivity index (χ1n) is 8.05. The molecule has 128 valence electrons. The number of thiazole rings is 1. The number of hydrogen-bond donors (Lipinski definition) is 0. The Morgan fingerprint density at radius 3 is 2.68 bits per heavy atom. The van der Waals surface area contributed by atoms with Gasteiger partial charge in [-0.05, 0) is 40.5 Å². The standard InChI is InChI=1S/C19H18BrN3OS/c1-2-23(17-9-8-15(20)12-21-17)19(24)11-16-13-25-18(22-16)10-14-6-4-3-5-7-14/h3-9,12-13H,2,10-11H2,1H3. The third-order valence-corrected chi connectivity index (χ3v) is 5.10. The maximum Gasteiger partial charge on any atom is 0.234 e. The monoisotopic (exact) mass is 415 g/mol. The molecule has 0 fully saturated rings. The van der Waals surface area contributed by atoms with Crippen LogP contribution in [0, 0.1) is 0 Å². The lowest BCUT2D eigenvalue weighted by Gasteiger charge is -2.19. The van der Waals surface area contributed by atoms with Crippen molar-refractivity contribution in [3.05, 3.63) is 74.8 Å². The van der Waals surface area contributed by atoms with Gasteiger partial charge in [-0.2, -0.15) is 0 Å². The number of amides is 1. The number of aromatic nitrogens is 2. The van der Waals surface area contributed by atoms with Crippen LogP contribution in [0.25, 0.3) is 0 Å². The van der Waals surface area contributed by atoms with Crippen LogP contribution in [0.5, 0.6) is 0 Å². The van der Waals surface area contributed by atoms with E-state index in [4.69, 9.17) is 0 Å². The summed E-state index contributed by atoms with van der Waals surface area (Å²) >= 11 is 4.96. The van der Waals surface area contributed by atoms with Crippen molar-refractivity contribution in [1.82, 2.24) is 9.97 Å². The Morgan fingerprint density at radius 2 is 2.00 bits per heavy atom. The summed E-state index contributed by atoms with van der Waals surface area (Å²) in [6.45, 7) is 2.53. The molecule has 4 nitrogen and oxygen atoms in total. The first-order valence-corrected chi connectivity index (χ1v) is 9.72. The van der Waals surface area contributed by atoms with Crippen LogP contribution in [-0.4, -0.2) is 22.4 Å². The second-order valence-corrected chi connectivity index (χ2v) is 7.40. The maximum atomic E-state index is 12.6. The molecule has 1 amide bonds. The van der Waals surface area contributed by atoms with Crippen LogP contribution in [-0.2, 0) is 17.6 Å². The van der Waals surface area contributed by atoms with E-state index in [1.165, 1.54) is 5.56 Å². The van der Waals surface area contributed by atoms with E-state index in [-0.39, 0.29) is 12.3 Å². The van der Waals surface area contributed by atoms with E-state index in [9.17, 15) is 4.79 Å². The zero-order valence-electron chi connectivity index (χ0n) is 13.9. The van der Waals surface area contributed by atoms with Crippen LogP contribution in [0.3, 0.4) is 0 Å². The van der Waals surface area contributed by atoms with Crippen LogP contribution in [0.15, 0.2) is 58.5 Å². The van der Waals surface area contributed by atoms with Gasteiger partial charge in [-0.1, -0.05) is 30.3 Å². The summed E-state index contributed by atoms with van der Waals surface area (Å²) in [4.78, 5) is 23.2. The number of likely N-dealkylation sites (N-methyl/N-ethyl adjacent to an activating group) is 1. The number of carbonyl (C=O) groups excluding carboxylic acids is 1. The van der Waals surface area contributed by atoms with Crippen molar-refractivity contribution in [3.63, 3.8) is 0 Å². The Balaban J connectivity index is 1.67. The molecular formula is C19H18BrN3OS. The second kappa shape index (κ2) is 8.36. The summed E-state index contributed by atoms with van der Waals surface area (Å²) in [6, 6.07) is 14.0. The van der Waals surface area contributed by atoms with Gasteiger partial charge in [0.2, 0.25) is 5.91 Å². The molecule has 1 aromatic carbocycles. The van der Waals surface area contributed by atoms with Crippen molar-refractivity contribution in [2.45, 2.75) is 19.8 Å². The van der Waals surface area contributed by atoms with Crippen LogP contribution < -0.4 is 4.90 Å². The Labute approximate surface area is 159 Å². The SMILES string of the molecule is CCN(C(=O)Cc1csc(Cc2ccccc2)n1)c1ccc(Br)cn1. The minimum atomic E-state index is 0.00823. The molecule has 25 heavy (non-hydrogen) atoms. The normalized spacial score (nSPS) is 10.6. The molecule has 0 N–H and O–H groups in total. The van der Waals surface area contributed by atoms with Crippen LogP contribution in [0.4, 0.5) is 5.82 Å². The first-order chi connectivity index (χ1) is 12.2. The predicted molar refractivity (Wildman–Crippen MR) is 105 cm³/mol. The van der Waals surface area contributed by atoms with Crippen molar-refractivity contribution < 1.29 is 4.79 Å². The van der Waals surface area contributed by atoms with Gasteiger partial charge in [0.25, 0.3) is 0 Å². The van der Waals surface area contributed by atoms with E-state index in [0.717, 1.165) is 21.6 Å². The molecule has 2 heterocycles. The highest BCUT2D eigenvalue weighted by Gasteiger charge is 2.17. The molecule has 0 atom stereocenters. The van der Waals surface area contributed by atoms with Gasteiger partial charge in [-0.25, -0.2) is 9.97 Å². The third-order valence-electron chi connectivity index (χ3n) is 3.74. The molecule has 3 aromatic rings. The summed E-state index contributed by atoms with van der Waals surface area (Å²) in [5, 5.41) is 3.00. The lowest BCUT2D eigenvalue weighted by Crippen LogP contribution is -2.32. The van der Waals surface area contributed by atoms with E-state index < -0.39 is 0 Å². The average molecular weight is 416 g/mol. The van der Waals surface area contributed by atoms with Gasteiger partial charge in [0.1, 0.15) is 5.82 Å². The Hall–Kier alpha value is -2.05. The quantitative estimate of drug-likeness (QED) is 0.595. The summed E-state index contributed by atoms with van der Waals surface area (Å²) in [5.41, 5.74) is 2.04. The van der Waals surface area contributed by atoms with Crippen molar-refractivity contribution in [1.29, 1.82) is 0 Å². The van der Waals surface area contributed by atoms with E-state index in [2.05, 4.69) is 38.0 Å². The molecule has 0 saturated carbocycles. The zero-order chi connectivity index (χ0) is 17.6. The Bertz CT molecular complexity index is 833. The van der Waals surface area contributed by atoms with Gasteiger partial charge in [-0.15, -0.1) is 11.3 Å². The minimum absolute atomic E-state index is 0.00823. The lowest BCUT2D eigenvalue weighted by molar-refractivity contribution is -0.118. The van der Waals surface area contributed by atoms with Gasteiger partial charge in [0, 0.05) is 29.0 Å². The zero-order valence-corrected chi connectivity index (χ0v) is 16.3. The molecule has 0 aliphatic heterocycles. The van der Waals surface area contributed by atoms with E-state index in [1.807, 2.05) is 42.6 Å². The number of rotatable bonds is 6.